The van der Waals surface area contributed by atoms with E-state index in [-0.39, 0.29) is 6.42 Å². The van der Waals surface area contributed by atoms with Crippen molar-refractivity contribution >= 4 is 11.9 Å². The molecular weight excluding hydrogens is 309 g/mol. The van der Waals surface area contributed by atoms with Crippen LogP contribution in [0.2, 0.25) is 0 Å². The first-order valence-corrected chi connectivity index (χ1v) is 7.61. The topological polar surface area (TPSA) is 55.4 Å². The quantitative estimate of drug-likeness (QED) is 0.858. The fourth-order valence-corrected chi connectivity index (χ4v) is 2.57. The number of nitrogens with one attached hydrogen (secondary N) is 1. The molecule has 1 N–H and O–H groups in total. The van der Waals surface area contributed by atoms with E-state index in [1.807, 2.05) is 19.9 Å². The van der Waals surface area contributed by atoms with Crippen molar-refractivity contribution in [1.29, 1.82) is 0 Å². The van der Waals surface area contributed by atoms with Gasteiger partial charge in [0.05, 0.1) is 7.11 Å². The third-order valence-electron chi connectivity index (χ3n) is 3.66. The Bertz CT molecular complexity index is 738. The Morgan fingerprint density at radius 2 is 1.75 bits per heavy atom. The van der Waals surface area contributed by atoms with Crippen LogP contribution in [0.5, 0.6) is 0 Å². The van der Waals surface area contributed by atoms with Gasteiger partial charge in [-0.2, -0.15) is 0 Å². The van der Waals surface area contributed by atoms with E-state index < -0.39 is 23.7 Å². The van der Waals surface area contributed by atoms with Gasteiger partial charge >= 0.3 is 5.97 Å². The minimum atomic E-state index is -0.958. The van der Waals surface area contributed by atoms with Crippen molar-refractivity contribution < 1.29 is 18.7 Å². The Kier molecular flexibility index (Phi) is 5.68. The molecule has 0 aliphatic rings. The van der Waals surface area contributed by atoms with Crippen LogP contribution in [0.25, 0.3) is 0 Å². The normalized spacial score (nSPS) is 11.7. The largest absolute Gasteiger partial charge is 0.467 e. The van der Waals surface area contributed by atoms with Crippen molar-refractivity contribution in [2.24, 2.45) is 0 Å². The standard InChI is InChI=1S/C19H20FNO3/c1-12-8-13(2)10-15(9-12)18(22)21-17(19(23)24-3)11-14-6-4-5-7-16(14)20/h4-10,17H,11H2,1-3H3,(H,21,22)/t17-/m0/s1. The first-order chi connectivity index (χ1) is 11.4. The van der Waals surface area contributed by atoms with E-state index in [9.17, 15) is 14.0 Å². The molecule has 0 fully saturated rings. The number of hydrogen-bond donors (Lipinski definition) is 1. The Balaban J connectivity index is 2.21. The smallest absolute Gasteiger partial charge is 0.328 e. The summed E-state index contributed by atoms with van der Waals surface area (Å²) < 4.78 is 18.6. The SMILES string of the molecule is COC(=O)[C@H](Cc1ccccc1F)NC(=O)c1cc(C)cc(C)c1. The van der Waals surface area contributed by atoms with Crippen LogP contribution in [0.1, 0.15) is 27.0 Å². The molecule has 24 heavy (non-hydrogen) atoms. The Labute approximate surface area is 140 Å². The number of halogens is 1. The van der Waals surface area contributed by atoms with Crippen LogP contribution in [0, 0.1) is 19.7 Å². The molecule has 2 aromatic rings. The molecule has 0 radical (unpaired) electrons. The average Bonchev–Trinajstić information content (AvgIpc) is 2.54. The van der Waals surface area contributed by atoms with Crippen molar-refractivity contribution in [2.45, 2.75) is 26.3 Å². The molecule has 0 aliphatic heterocycles. The molecule has 0 bridgehead atoms. The van der Waals surface area contributed by atoms with E-state index in [0.717, 1.165) is 11.1 Å². The fourth-order valence-electron chi connectivity index (χ4n) is 2.57. The molecule has 4 nitrogen and oxygen atoms in total. The number of carbonyl (C=O) groups is 2. The lowest BCUT2D eigenvalue weighted by molar-refractivity contribution is -0.142. The van der Waals surface area contributed by atoms with Crippen LogP contribution in [-0.2, 0) is 16.0 Å². The fraction of sp³-hybridized carbons (Fsp3) is 0.263. The molecule has 0 spiro atoms. The summed E-state index contributed by atoms with van der Waals surface area (Å²) in [6.45, 7) is 3.78. The molecule has 0 unspecified atom stereocenters. The third-order valence-corrected chi connectivity index (χ3v) is 3.66. The van der Waals surface area contributed by atoms with Gasteiger partial charge in [0.1, 0.15) is 11.9 Å². The minimum Gasteiger partial charge on any atom is -0.467 e. The molecule has 0 saturated carbocycles. The number of hydrogen-bond acceptors (Lipinski definition) is 3. The van der Waals surface area contributed by atoms with Gasteiger partial charge in [0.25, 0.3) is 5.91 Å². The molecule has 0 heterocycles. The van der Waals surface area contributed by atoms with Crippen molar-refractivity contribution in [1.82, 2.24) is 5.32 Å². The lowest BCUT2D eigenvalue weighted by Crippen LogP contribution is -2.43. The van der Waals surface area contributed by atoms with Gasteiger partial charge in [0.15, 0.2) is 0 Å². The van der Waals surface area contributed by atoms with E-state index in [1.165, 1.54) is 13.2 Å². The van der Waals surface area contributed by atoms with Crippen LogP contribution in [0.4, 0.5) is 4.39 Å². The molecule has 1 amide bonds. The van der Waals surface area contributed by atoms with Gasteiger partial charge in [0, 0.05) is 12.0 Å². The lowest BCUT2D eigenvalue weighted by Gasteiger charge is -2.17. The van der Waals surface area contributed by atoms with Gasteiger partial charge in [-0.15, -0.1) is 0 Å². The van der Waals surface area contributed by atoms with Gasteiger partial charge < -0.3 is 10.1 Å². The third kappa shape index (κ3) is 4.41. The maximum atomic E-state index is 13.8. The zero-order valence-corrected chi connectivity index (χ0v) is 13.9. The van der Waals surface area contributed by atoms with Crippen LogP contribution in [-0.4, -0.2) is 25.0 Å². The zero-order valence-electron chi connectivity index (χ0n) is 13.9. The highest BCUT2D eigenvalue weighted by atomic mass is 19.1. The molecule has 2 rings (SSSR count). The molecule has 126 valence electrons. The number of aryl methyl sites for hydroxylation is 2. The van der Waals surface area contributed by atoms with Gasteiger partial charge in [-0.25, -0.2) is 9.18 Å². The first kappa shape index (κ1) is 17.7. The number of carbonyl (C=O) groups excluding carboxylic acids is 2. The summed E-state index contributed by atoms with van der Waals surface area (Å²) in [6.07, 6.45) is 0.0237. The van der Waals surface area contributed by atoms with Crippen molar-refractivity contribution in [3.8, 4) is 0 Å². The number of methoxy groups -OCH3 is 1. The summed E-state index contributed by atoms with van der Waals surface area (Å²) in [5.74, 6) is -1.43. The molecule has 0 aromatic heterocycles. The van der Waals surface area contributed by atoms with E-state index in [0.29, 0.717) is 11.1 Å². The van der Waals surface area contributed by atoms with Gasteiger partial charge in [-0.1, -0.05) is 35.4 Å². The number of rotatable bonds is 5. The monoisotopic (exact) mass is 329 g/mol. The van der Waals surface area contributed by atoms with E-state index in [4.69, 9.17) is 4.74 Å². The zero-order chi connectivity index (χ0) is 17.7. The Hall–Kier alpha value is -2.69. The summed E-state index contributed by atoms with van der Waals surface area (Å²) >= 11 is 0. The van der Waals surface area contributed by atoms with Crippen LogP contribution in [0.3, 0.4) is 0 Å². The summed E-state index contributed by atoms with van der Waals surface area (Å²) in [4.78, 5) is 24.4. The molecule has 0 aliphatic carbocycles. The van der Waals surface area contributed by atoms with Crippen molar-refractivity contribution in [3.63, 3.8) is 0 Å². The summed E-state index contributed by atoms with van der Waals surface area (Å²) in [7, 11) is 1.24. The van der Waals surface area contributed by atoms with Gasteiger partial charge in [0.2, 0.25) is 0 Å². The maximum absolute atomic E-state index is 13.8. The average molecular weight is 329 g/mol. The number of benzene rings is 2. The predicted molar refractivity (Wildman–Crippen MR) is 89.3 cm³/mol. The first-order valence-electron chi connectivity index (χ1n) is 7.61. The van der Waals surface area contributed by atoms with Crippen LogP contribution >= 0.6 is 0 Å². The number of amides is 1. The second-order valence-corrected chi connectivity index (χ2v) is 5.72. The Morgan fingerprint density at radius 1 is 1.12 bits per heavy atom. The maximum Gasteiger partial charge on any atom is 0.328 e. The van der Waals surface area contributed by atoms with Gasteiger partial charge in [-0.05, 0) is 37.6 Å². The number of esters is 1. The van der Waals surface area contributed by atoms with Crippen LogP contribution in [0.15, 0.2) is 42.5 Å². The van der Waals surface area contributed by atoms with Crippen molar-refractivity contribution in [3.05, 3.63) is 70.5 Å². The Morgan fingerprint density at radius 3 is 2.33 bits per heavy atom. The lowest BCUT2D eigenvalue weighted by atomic mass is 10.0. The summed E-state index contributed by atoms with van der Waals surface area (Å²) in [5, 5.41) is 2.63. The summed E-state index contributed by atoms with van der Waals surface area (Å²) in [5.41, 5.74) is 2.69. The predicted octanol–water partition coefficient (Wildman–Crippen LogP) is 2.96. The molecule has 5 heteroatoms. The molecule has 2 aromatic carbocycles. The second kappa shape index (κ2) is 7.73. The van der Waals surface area contributed by atoms with E-state index >= 15 is 0 Å². The van der Waals surface area contributed by atoms with Crippen LogP contribution < -0.4 is 5.32 Å². The molecule has 1 atom stereocenters. The van der Waals surface area contributed by atoms with E-state index in [2.05, 4.69) is 5.32 Å². The second-order valence-electron chi connectivity index (χ2n) is 5.72. The van der Waals surface area contributed by atoms with Gasteiger partial charge in [-0.3, -0.25) is 4.79 Å². The number of ether oxygens (including phenoxy) is 1. The highest BCUT2D eigenvalue weighted by Crippen LogP contribution is 2.12. The molecule has 0 saturated heterocycles. The highest BCUT2D eigenvalue weighted by Gasteiger charge is 2.24. The molecular formula is C19H20FNO3. The van der Waals surface area contributed by atoms with E-state index in [1.54, 1.807) is 30.3 Å². The van der Waals surface area contributed by atoms with Crippen molar-refractivity contribution in [2.75, 3.05) is 7.11 Å². The minimum absolute atomic E-state index is 0.0237. The summed E-state index contributed by atoms with van der Waals surface area (Å²) in [6, 6.07) is 10.6. The highest BCUT2D eigenvalue weighted by molar-refractivity contribution is 5.97.